The Hall–Kier alpha value is -1.64. The summed E-state index contributed by atoms with van der Waals surface area (Å²) in [4.78, 5) is 25.0. The van der Waals surface area contributed by atoms with Crippen molar-refractivity contribution < 1.29 is 18.0 Å². The summed E-state index contributed by atoms with van der Waals surface area (Å²) in [6.07, 6.45) is 0.164. The molecule has 25 heavy (non-hydrogen) atoms. The minimum atomic E-state index is -3.77. The molecule has 0 spiro atoms. The lowest BCUT2D eigenvalue weighted by molar-refractivity contribution is -0.128. The smallest absolute Gasteiger partial charge is 0.251 e. The number of sulfonamides is 1. The van der Waals surface area contributed by atoms with Crippen LogP contribution >= 0.6 is 11.6 Å². The Bertz CT molecular complexity index is 731. The lowest BCUT2D eigenvalue weighted by Gasteiger charge is -2.19. The van der Waals surface area contributed by atoms with E-state index in [0.717, 1.165) is 0 Å². The van der Waals surface area contributed by atoms with Crippen molar-refractivity contribution in [3.8, 4) is 0 Å². The van der Waals surface area contributed by atoms with Gasteiger partial charge in [-0.05, 0) is 18.2 Å². The largest absolute Gasteiger partial charge is 0.352 e. The molecule has 1 aromatic carbocycles. The Morgan fingerprint density at radius 3 is 2.28 bits per heavy atom. The maximum atomic E-state index is 12.6. The summed E-state index contributed by atoms with van der Waals surface area (Å²) >= 11 is 6.04. The highest BCUT2D eigenvalue weighted by atomic mass is 35.5. The van der Waals surface area contributed by atoms with Gasteiger partial charge in [-0.25, -0.2) is 8.42 Å². The molecular formula is C16H24ClN3O4S. The summed E-state index contributed by atoms with van der Waals surface area (Å²) in [5.41, 5.74) is 0.174. The van der Waals surface area contributed by atoms with Crippen LogP contribution in [-0.2, 0) is 14.8 Å². The van der Waals surface area contributed by atoms with Gasteiger partial charge in [0.15, 0.2) is 0 Å². The van der Waals surface area contributed by atoms with Crippen molar-refractivity contribution in [1.82, 2.24) is 14.5 Å². The number of nitrogens with one attached hydrogen (secondary N) is 1. The van der Waals surface area contributed by atoms with E-state index in [0.29, 0.717) is 13.1 Å². The summed E-state index contributed by atoms with van der Waals surface area (Å²) in [5, 5.41) is 2.66. The molecule has 7 nitrogen and oxygen atoms in total. The van der Waals surface area contributed by atoms with E-state index in [-0.39, 0.29) is 34.4 Å². The minimum absolute atomic E-state index is 0.0613. The van der Waals surface area contributed by atoms with Crippen molar-refractivity contribution in [2.24, 2.45) is 0 Å². The van der Waals surface area contributed by atoms with Gasteiger partial charge in [0.05, 0.1) is 5.02 Å². The van der Waals surface area contributed by atoms with E-state index in [1.165, 1.54) is 27.4 Å². The van der Waals surface area contributed by atoms with Crippen LogP contribution in [0.5, 0.6) is 0 Å². The predicted octanol–water partition coefficient (Wildman–Crippen LogP) is 1.58. The van der Waals surface area contributed by atoms with Crippen LogP contribution in [0.1, 0.15) is 30.6 Å². The highest BCUT2D eigenvalue weighted by Crippen LogP contribution is 2.25. The summed E-state index contributed by atoms with van der Waals surface area (Å²) < 4.78 is 26.5. The van der Waals surface area contributed by atoms with Gasteiger partial charge in [-0.3, -0.25) is 9.59 Å². The van der Waals surface area contributed by atoms with Crippen molar-refractivity contribution in [3.63, 3.8) is 0 Å². The molecule has 0 radical (unpaired) electrons. The van der Waals surface area contributed by atoms with Crippen LogP contribution in [0.3, 0.4) is 0 Å². The molecule has 0 aliphatic heterocycles. The van der Waals surface area contributed by atoms with Crippen molar-refractivity contribution in [2.75, 3.05) is 33.7 Å². The Morgan fingerprint density at radius 1 is 1.16 bits per heavy atom. The molecule has 0 aliphatic carbocycles. The lowest BCUT2D eigenvalue weighted by Crippen LogP contribution is -2.32. The van der Waals surface area contributed by atoms with Crippen molar-refractivity contribution in [2.45, 2.75) is 25.2 Å². The molecule has 140 valence electrons. The molecule has 1 aromatic rings. The molecule has 0 heterocycles. The first-order chi connectivity index (χ1) is 11.6. The monoisotopic (exact) mass is 389 g/mol. The average molecular weight is 390 g/mol. The molecule has 0 atom stereocenters. The van der Waals surface area contributed by atoms with E-state index in [9.17, 15) is 18.0 Å². The number of nitrogens with zero attached hydrogens (tertiary/aromatic N) is 2. The molecule has 0 saturated carbocycles. The number of carbonyl (C=O) groups is 2. The van der Waals surface area contributed by atoms with Crippen LogP contribution in [-0.4, -0.2) is 63.2 Å². The molecule has 2 amide bonds. The highest BCUT2D eigenvalue weighted by Gasteiger charge is 2.25. The third-order valence-corrected chi connectivity index (χ3v) is 6.17. The molecule has 0 saturated heterocycles. The molecule has 0 fully saturated rings. The fourth-order valence-electron chi connectivity index (χ4n) is 2.15. The lowest BCUT2D eigenvalue weighted by atomic mass is 10.2. The van der Waals surface area contributed by atoms with Crippen LogP contribution in [0.15, 0.2) is 23.1 Å². The SMILES string of the molecule is CCN(CC)S(=O)(=O)c1cc(C(=O)NCCC(=O)N(C)C)ccc1Cl. The first kappa shape index (κ1) is 21.4. The van der Waals surface area contributed by atoms with E-state index in [4.69, 9.17) is 11.6 Å². The van der Waals surface area contributed by atoms with Gasteiger partial charge in [0.25, 0.3) is 5.91 Å². The Balaban J connectivity index is 2.97. The molecular weight excluding hydrogens is 366 g/mol. The van der Waals surface area contributed by atoms with E-state index in [1.54, 1.807) is 27.9 Å². The predicted molar refractivity (Wildman–Crippen MR) is 97.2 cm³/mol. The number of hydrogen-bond acceptors (Lipinski definition) is 4. The average Bonchev–Trinajstić information content (AvgIpc) is 2.55. The number of carbonyl (C=O) groups excluding carboxylic acids is 2. The topological polar surface area (TPSA) is 86.8 Å². The van der Waals surface area contributed by atoms with Gasteiger partial charge in [0.2, 0.25) is 15.9 Å². The van der Waals surface area contributed by atoms with Crippen LogP contribution < -0.4 is 5.32 Å². The normalized spacial score (nSPS) is 11.4. The molecule has 1 N–H and O–H groups in total. The molecule has 0 unspecified atom stereocenters. The number of benzene rings is 1. The maximum Gasteiger partial charge on any atom is 0.251 e. The first-order valence-electron chi connectivity index (χ1n) is 7.93. The zero-order valence-corrected chi connectivity index (χ0v) is 16.4. The van der Waals surface area contributed by atoms with Gasteiger partial charge < -0.3 is 10.2 Å². The number of amides is 2. The number of halogens is 1. The number of rotatable bonds is 8. The summed E-state index contributed by atoms with van der Waals surface area (Å²) in [6, 6.07) is 4.10. The fraction of sp³-hybridized carbons (Fsp3) is 0.500. The highest BCUT2D eigenvalue weighted by molar-refractivity contribution is 7.89. The Labute approximate surface area is 154 Å². The molecule has 1 rings (SSSR count). The quantitative estimate of drug-likeness (QED) is 0.731. The van der Waals surface area contributed by atoms with Gasteiger partial charge >= 0.3 is 0 Å². The summed E-state index contributed by atoms with van der Waals surface area (Å²) in [5.74, 6) is -0.569. The molecule has 0 aliphatic rings. The molecule has 0 aromatic heterocycles. The van der Waals surface area contributed by atoms with E-state index >= 15 is 0 Å². The zero-order valence-electron chi connectivity index (χ0n) is 14.9. The van der Waals surface area contributed by atoms with Crippen molar-refractivity contribution in [3.05, 3.63) is 28.8 Å². The van der Waals surface area contributed by atoms with E-state index in [1.807, 2.05) is 0 Å². The third kappa shape index (κ3) is 5.42. The molecule has 9 heteroatoms. The van der Waals surface area contributed by atoms with Crippen LogP contribution in [0.2, 0.25) is 5.02 Å². The van der Waals surface area contributed by atoms with Crippen LogP contribution in [0.25, 0.3) is 0 Å². The van der Waals surface area contributed by atoms with E-state index in [2.05, 4.69) is 5.32 Å². The second-order valence-electron chi connectivity index (χ2n) is 5.53. The Kier molecular flexibility index (Phi) is 7.85. The third-order valence-electron chi connectivity index (χ3n) is 3.64. The number of hydrogen-bond donors (Lipinski definition) is 1. The van der Waals surface area contributed by atoms with Crippen molar-refractivity contribution in [1.29, 1.82) is 0 Å². The first-order valence-corrected chi connectivity index (χ1v) is 9.75. The summed E-state index contributed by atoms with van der Waals surface area (Å²) in [6.45, 7) is 4.23. The standard InChI is InChI=1S/C16H24ClN3O4S/c1-5-20(6-2)25(23,24)14-11-12(7-8-13(14)17)16(22)18-10-9-15(21)19(3)4/h7-8,11H,5-6,9-10H2,1-4H3,(H,18,22). The van der Waals surface area contributed by atoms with E-state index < -0.39 is 15.9 Å². The maximum absolute atomic E-state index is 12.6. The Morgan fingerprint density at radius 2 is 1.76 bits per heavy atom. The second kappa shape index (κ2) is 9.17. The minimum Gasteiger partial charge on any atom is -0.352 e. The van der Waals surface area contributed by atoms with Gasteiger partial charge in [0, 0.05) is 45.7 Å². The second-order valence-corrected chi connectivity index (χ2v) is 7.84. The van der Waals surface area contributed by atoms with Crippen LogP contribution in [0, 0.1) is 0 Å². The molecule has 0 bridgehead atoms. The zero-order chi connectivity index (χ0) is 19.2. The van der Waals surface area contributed by atoms with Gasteiger partial charge in [-0.15, -0.1) is 0 Å². The van der Waals surface area contributed by atoms with Gasteiger partial charge in [-0.1, -0.05) is 25.4 Å². The van der Waals surface area contributed by atoms with Crippen LogP contribution in [0.4, 0.5) is 0 Å². The van der Waals surface area contributed by atoms with Gasteiger partial charge in [-0.2, -0.15) is 4.31 Å². The van der Waals surface area contributed by atoms with Gasteiger partial charge in [0.1, 0.15) is 4.90 Å². The fourth-order valence-corrected chi connectivity index (χ4v) is 4.11. The van der Waals surface area contributed by atoms with Crippen molar-refractivity contribution >= 4 is 33.4 Å². The summed E-state index contributed by atoms with van der Waals surface area (Å²) in [7, 11) is -0.507.